The number of carboxylic acid groups (broad SMARTS) is 1. The number of aryl methyl sites for hydroxylation is 1. The average Bonchev–Trinajstić information content (AvgIpc) is 3.47. The molecule has 0 spiro atoms. The third kappa shape index (κ3) is 3.78. The van der Waals surface area contributed by atoms with Gasteiger partial charge in [0.05, 0.1) is 6.42 Å². The number of benzene rings is 2. The molecule has 1 heterocycles. The van der Waals surface area contributed by atoms with Crippen LogP contribution < -0.4 is 4.90 Å². The first kappa shape index (κ1) is 18.6. The molecule has 0 radical (unpaired) electrons. The highest BCUT2D eigenvalue weighted by molar-refractivity contribution is 5.71. The molecule has 1 aliphatic carbocycles. The van der Waals surface area contributed by atoms with Gasteiger partial charge in [0, 0.05) is 29.4 Å². The van der Waals surface area contributed by atoms with Crippen molar-refractivity contribution in [1.29, 1.82) is 0 Å². The number of carbonyl (C=O) groups is 1. The van der Waals surface area contributed by atoms with Crippen LogP contribution in [0.1, 0.15) is 60.9 Å². The Hall–Kier alpha value is -2.73. The molecule has 28 heavy (non-hydrogen) atoms. The summed E-state index contributed by atoms with van der Waals surface area (Å²) in [5.74, 6) is 5.76. The zero-order valence-corrected chi connectivity index (χ0v) is 16.9. The quantitative estimate of drug-likeness (QED) is 0.795. The normalized spacial score (nSPS) is 17.5. The molecule has 0 unspecified atom stereocenters. The van der Waals surface area contributed by atoms with E-state index in [0.717, 1.165) is 34.8 Å². The van der Waals surface area contributed by atoms with Crippen LogP contribution >= 0.6 is 0 Å². The summed E-state index contributed by atoms with van der Waals surface area (Å²) in [6.45, 7) is 7.75. The summed E-state index contributed by atoms with van der Waals surface area (Å²) in [4.78, 5) is 13.5. The molecule has 2 aromatic carbocycles. The van der Waals surface area contributed by atoms with Gasteiger partial charge in [0.2, 0.25) is 0 Å². The highest BCUT2D eigenvalue weighted by Crippen LogP contribution is 2.44. The van der Waals surface area contributed by atoms with Gasteiger partial charge in [-0.05, 0) is 78.6 Å². The van der Waals surface area contributed by atoms with Gasteiger partial charge < -0.3 is 10.0 Å². The summed E-state index contributed by atoms with van der Waals surface area (Å²) in [5, 5.41) is 8.98. The average molecular weight is 373 g/mol. The molecule has 1 saturated carbocycles. The summed E-state index contributed by atoms with van der Waals surface area (Å²) < 4.78 is 0. The lowest BCUT2D eigenvalue weighted by Crippen LogP contribution is -2.38. The molecule has 0 saturated heterocycles. The first-order chi connectivity index (χ1) is 13.3. The zero-order chi connectivity index (χ0) is 19.9. The number of hydrogen-bond donors (Lipinski definition) is 1. The predicted octanol–water partition coefficient (Wildman–Crippen LogP) is 4.67. The van der Waals surface area contributed by atoms with E-state index in [2.05, 4.69) is 48.8 Å². The van der Waals surface area contributed by atoms with Crippen molar-refractivity contribution in [3.05, 3.63) is 64.2 Å². The fraction of sp³-hybridized carbons (Fsp3) is 0.400. The number of anilines is 1. The standard InChI is InChI=1S/C25H27NO2/c1-17-14-18(6-8-20(17)16-24(27)28)4-5-19-7-11-23-22(15-19)25(2,3)12-13-26(23)21-9-10-21/h6-8,11,14-15,21H,9-10,12-13,16H2,1-3H3,(H,27,28). The van der Waals surface area contributed by atoms with Crippen molar-refractivity contribution in [2.75, 3.05) is 11.4 Å². The lowest BCUT2D eigenvalue weighted by molar-refractivity contribution is -0.136. The monoisotopic (exact) mass is 373 g/mol. The summed E-state index contributed by atoms with van der Waals surface area (Å²) >= 11 is 0. The Balaban J connectivity index is 1.62. The number of fused-ring (bicyclic) bond motifs is 1. The zero-order valence-electron chi connectivity index (χ0n) is 16.9. The molecule has 1 aliphatic heterocycles. The lowest BCUT2D eigenvalue weighted by Gasteiger charge is -2.40. The van der Waals surface area contributed by atoms with E-state index >= 15 is 0 Å². The summed E-state index contributed by atoms with van der Waals surface area (Å²) in [5.41, 5.74) is 6.74. The largest absolute Gasteiger partial charge is 0.481 e. The van der Waals surface area contributed by atoms with Gasteiger partial charge in [0.25, 0.3) is 0 Å². The predicted molar refractivity (Wildman–Crippen MR) is 113 cm³/mol. The number of nitrogens with zero attached hydrogens (tertiary/aromatic N) is 1. The molecular weight excluding hydrogens is 346 g/mol. The molecule has 3 heteroatoms. The Morgan fingerprint density at radius 2 is 1.82 bits per heavy atom. The molecule has 2 aliphatic rings. The topological polar surface area (TPSA) is 40.5 Å². The summed E-state index contributed by atoms with van der Waals surface area (Å²) in [6.07, 6.45) is 3.87. The van der Waals surface area contributed by atoms with Gasteiger partial charge in [-0.25, -0.2) is 0 Å². The van der Waals surface area contributed by atoms with E-state index in [1.165, 1.54) is 30.5 Å². The van der Waals surface area contributed by atoms with Crippen LogP contribution in [0.5, 0.6) is 0 Å². The first-order valence-corrected chi connectivity index (χ1v) is 10.1. The fourth-order valence-electron chi connectivity index (χ4n) is 4.11. The second-order valence-corrected chi connectivity index (χ2v) is 8.75. The van der Waals surface area contributed by atoms with Crippen molar-refractivity contribution in [2.45, 2.75) is 57.9 Å². The van der Waals surface area contributed by atoms with Gasteiger partial charge in [0.15, 0.2) is 0 Å². The van der Waals surface area contributed by atoms with Crippen LogP contribution in [0.15, 0.2) is 36.4 Å². The number of aliphatic carboxylic acids is 1. The third-order valence-electron chi connectivity index (χ3n) is 6.04. The minimum Gasteiger partial charge on any atom is -0.481 e. The number of rotatable bonds is 3. The molecule has 144 valence electrons. The molecular formula is C25H27NO2. The molecule has 0 bridgehead atoms. The Kier molecular flexibility index (Phi) is 4.67. The number of carboxylic acids is 1. The first-order valence-electron chi connectivity index (χ1n) is 10.1. The Morgan fingerprint density at radius 1 is 1.14 bits per heavy atom. The molecule has 4 rings (SSSR count). The van der Waals surface area contributed by atoms with Crippen molar-refractivity contribution in [1.82, 2.24) is 0 Å². The van der Waals surface area contributed by atoms with Crippen molar-refractivity contribution >= 4 is 11.7 Å². The van der Waals surface area contributed by atoms with Gasteiger partial charge in [0.1, 0.15) is 0 Å². The molecule has 0 amide bonds. The Labute approximate surface area is 167 Å². The molecule has 3 nitrogen and oxygen atoms in total. The van der Waals surface area contributed by atoms with Crippen LogP contribution in [0.25, 0.3) is 0 Å². The number of hydrogen-bond acceptors (Lipinski definition) is 2. The van der Waals surface area contributed by atoms with E-state index in [4.69, 9.17) is 5.11 Å². The van der Waals surface area contributed by atoms with Crippen LogP contribution in [0.4, 0.5) is 5.69 Å². The van der Waals surface area contributed by atoms with Gasteiger partial charge in [-0.3, -0.25) is 4.79 Å². The molecule has 0 atom stereocenters. The van der Waals surface area contributed by atoms with Crippen LogP contribution in [0.3, 0.4) is 0 Å². The van der Waals surface area contributed by atoms with E-state index in [1.54, 1.807) is 0 Å². The van der Waals surface area contributed by atoms with E-state index < -0.39 is 5.97 Å². The van der Waals surface area contributed by atoms with Crippen molar-refractivity contribution in [3.8, 4) is 11.8 Å². The minimum atomic E-state index is -0.807. The van der Waals surface area contributed by atoms with Crippen molar-refractivity contribution < 1.29 is 9.90 Å². The second-order valence-electron chi connectivity index (χ2n) is 8.75. The van der Waals surface area contributed by atoms with Crippen molar-refractivity contribution in [3.63, 3.8) is 0 Å². The maximum absolute atomic E-state index is 10.9. The summed E-state index contributed by atoms with van der Waals surface area (Å²) in [7, 11) is 0. The second kappa shape index (κ2) is 7.02. The van der Waals surface area contributed by atoms with Gasteiger partial charge in [-0.15, -0.1) is 0 Å². The third-order valence-corrected chi connectivity index (χ3v) is 6.04. The maximum Gasteiger partial charge on any atom is 0.307 e. The van der Waals surface area contributed by atoms with Crippen molar-refractivity contribution in [2.24, 2.45) is 0 Å². The highest BCUT2D eigenvalue weighted by atomic mass is 16.4. The van der Waals surface area contributed by atoms with Crippen LogP contribution in [-0.2, 0) is 16.6 Å². The van der Waals surface area contributed by atoms with Crippen LogP contribution in [0.2, 0.25) is 0 Å². The lowest BCUT2D eigenvalue weighted by atomic mass is 9.77. The van der Waals surface area contributed by atoms with E-state index in [1.807, 2.05) is 25.1 Å². The molecule has 2 aromatic rings. The Morgan fingerprint density at radius 3 is 2.46 bits per heavy atom. The molecule has 0 aromatic heterocycles. The highest BCUT2D eigenvalue weighted by Gasteiger charge is 2.37. The maximum atomic E-state index is 10.9. The van der Waals surface area contributed by atoms with E-state index in [9.17, 15) is 4.79 Å². The van der Waals surface area contributed by atoms with Gasteiger partial charge in [-0.1, -0.05) is 31.8 Å². The minimum absolute atomic E-state index is 0.0525. The van der Waals surface area contributed by atoms with Gasteiger partial charge >= 0.3 is 5.97 Å². The Bertz CT molecular complexity index is 989. The van der Waals surface area contributed by atoms with Crippen LogP contribution in [0, 0.1) is 18.8 Å². The SMILES string of the molecule is Cc1cc(C#Cc2ccc3c(c2)C(C)(C)CCN3C2CC2)ccc1CC(=O)O. The smallest absolute Gasteiger partial charge is 0.307 e. The molecule has 1 N–H and O–H groups in total. The fourth-order valence-corrected chi connectivity index (χ4v) is 4.11. The van der Waals surface area contributed by atoms with Gasteiger partial charge in [-0.2, -0.15) is 0 Å². The van der Waals surface area contributed by atoms with Crippen LogP contribution in [-0.4, -0.2) is 23.7 Å². The van der Waals surface area contributed by atoms with E-state index in [-0.39, 0.29) is 11.8 Å². The van der Waals surface area contributed by atoms with E-state index in [0.29, 0.717) is 0 Å². The summed E-state index contributed by atoms with van der Waals surface area (Å²) in [6, 6.07) is 13.1. The molecule has 1 fully saturated rings.